The first kappa shape index (κ1) is 22.6. The summed E-state index contributed by atoms with van der Waals surface area (Å²) in [6.45, 7) is 11.4. The standard InChI is InChI=1S/C24H39N5O/c1-5-26-22(30)24(2,3)18-27-23(25-4)29-15-13-21-20(17-29)12-9-14-28(21)16-19-10-7-6-8-11-19/h6-8,10-11,20-21H,5,9,12-18H2,1-4H3,(H,25,27)(H,26,30). The van der Waals surface area contributed by atoms with Crippen molar-refractivity contribution in [1.29, 1.82) is 0 Å². The van der Waals surface area contributed by atoms with Crippen LogP contribution in [0.1, 0.15) is 45.6 Å². The van der Waals surface area contributed by atoms with Crippen LogP contribution in [0.5, 0.6) is 0 Å². The molecule has 1 amide bonds. The van der Waals surface area contributed by atoms with Crippen LogP contribution in [0.3, 0.4) is 0 Å². The SMILES string of the molecule is CCNC(=O)C(C)(C)CNC(=NC)N1CCC2C(CCCN2Cc2ccccc2)C1. The van der Waals surface area contributed by atoms with Gasteiger partial charge in [-0.05, 0) is 58.1 Å². The molecule has 6 nitrogen and oxygen atoms in total. The molecule has 0 saturated carbocycles. The average Bonchev–Trinajstić information content (AvgIpc) is 2.75. The van der Waals surface area contributed by atoms with Gasteiger partial charge in [0, 0.05) is 45.8 Å². The Morgan fingerprint density at radius 2 is 1.93 bits per heavy atom. The first-order chi connectivity index (χ1) is 14.4. The van der Waals surface area contributed by atoms with E-state index in [0.717, 1.165) is 32.0 Å². The van der Waals surface area contributed by atoms with Gasteiger partial charge in [-0.1, -0.05) is 30.3 Å². The third kappa shape index (κ3) is 5.54. The highest BCUT2D eigenvalue weighted by Gasteiger charge is 2.37. The highest BCUT2D eigenvalue weighted by Crippen LogP contribution is 2.31. The first-order valence-electron chi connectivity index (χ1n) is 11.5. The van der Waals surface area contributed by atoms with Crippen LogP contribution in [0.15, 0.2) is 35.3 Å². The normalized spacial score (nSPS) is 23.1. The summed E-state index contributed by atoms with van der Waals surface area (Å²) in [6.07, 6.45) is 3.71. The maximum atomic E-state index is 12.3. The minimum atomic E-state index is -0.471. The number of amides is 1. The zero-order valence-electron chi connectivity index (χ0n) is 19.2. The van der Waals surface area contributed by atoms with Crippen LogP contribution < -0.4 is 10.6 Å². The Hall–Kier alpha value is -2.08. The molecule has 0 spiro atoms. The number of nitrogens with zero attached hydrogens (tertiary/aromatic N) is 3. The van der Waals surface area contributed by atoms with Crippen molar-refractivity contribution in [3.05, 3.63) is 35.9 Å². The molecule has 3 rings (SSSR count). The smallest absolute Gasteiger partial charge is 0.227 e. The van der Waals surface area contributed by atoms with Crippen molar-refractivity contribution in [2.45, 2.75) is 52.6 Å². The molecule has 6 heteroatoms. The van der Waals surface area contributed by atoms with Crippen molar-refractivity contribution in [3.63, 3.8) is 0 Å². The molecular weight excluding hydrogens is 374 g/mol. The number of rotatable bonds is 6. The maximum absolute atomic E-state index is 12.3. The molecule has 1 aromatic rings. The van der Waals surface area contributed by atoms with Gasteiger partial charge in [0.15, 0.2) is 5.96 Å². The van der Waals surface area contributed by atoms with Crippen molar-refractivity contribution in [1.82, 2.24) is 20.4 Å². The number of nitrogens with one attached hydrogen (secondary N) is 2. The van der Waals surface area contributed by atoms with E-state index in [1.54, 1.807) is 0 Å². The van der Waals surface area contributed by atoms with Crippen LogP contribution in [0, 0.1) is 11.3 Å². The summed E-state index contributed by atoms with van der Waals surface area (Å²) in [5.74, 6) is 1.67. The summed E-state index contributed by atoms with van der Waals surface area (Å²) in [5.41, 5.74) is 0.937. The molecule has 166 valence electrons. The van der Waals surface area contributed by atoms with Crippen molar-refractivity contribution in [2.24, 2.45) is 16.3 Å². The van der Waals surface area contributed by atoms with Crippen LogP contribution in [-0.2, 0) is 11.3 Å². The molecule has 30 heavy (non-hydrogen) atoms. The van der Waals surface area contributed by atoms with E-state index in [0.29, 0.717) is 25.0 Å². The molecule has 1 aromatic carbocycles. The topological polar surface area (TPSA) is 60.0 Å². The van der Waals surface area contributed by atoms with Crippen molar-refractivity contribution in [2.75, 3.05) is 39.8 Å². The highest BCUT2D eigenvalue weighted by molar-refractivity contribution is 5.84. The molecule has 2 aliphatic heterocycles. The number of hydrogen-bond acceptors (Lipinski definition) is 3. The molecule has 2 heterocycles. The summed E-state index contributed by atoms with van der Waals surface area (Å²) < 4.78 is 0. The van der Waals surface area contributed by atoms with Crippen LogP contribution in [0.4, 0.5) is 0 Å². The number of likely N-dealkylation sites (tertiary alicyclic amines) is 2. The van der Waals surface area contributed by atoms with E-state index in [9.17, 15) is 4.79 Å². The summed E-state index contributed by atoms with van der Waals surface area (Å²) in [4.78, 5) is 21.9. The molecule has 0 aliphatic carbocycles. The van der Waals surface area contributed by atoms with E-state index in [-0.39, 0.29) is 5.91 Å². The Bertz CT molecular complexity index is 718. The Morgan fingerprint density at radius 3 is 2.63 bits per heavy atom. The summed E-state index contributed by atoms with van der Waals surface area (Å²) in [7, 11) is 1.84. The van der Waals surface area contributed by atoms with Crippen LogP contribution in [-0.4, -0.2) is 67.5 Å². The fourth-order valence-corrected chi connectivity index (χ4v) is 4.83. The molecule has 2 atom stereocenters. The molecular formula is C24H39N5O. The fraction of sp³-hybridized carbons (Fsp3) is 0.667. The van der Waals surface area contributed by atoms with Crippen LogP contribution in [0.2, 0.25) is 0 Å². The Kier molecular flexibility index (Phi) is 7.75. The number of aliphatic imine (C=N–C) groups is 1. The first-order valence-corrected chi connectivity index (χ1v) is 11.5. The lowest BCUT2D eigenvalue weighted by Gasteiger charge is -2.48. The molecule has 0 aromatic heterocycles. The van der Waals surface area contributed by atoms with Gasteiger partial charge in [-0.3, -0.25) is 14.7 Å². The summed E-state index contributed by atoms with van der Waals surface area (Å²) in [6, 6.07) is 11.5. The minimum absolute atomic E-state index is 0.0792. The predicted octanol–water partition coefficient (Wildman–Crippen LogP) is 2.71. The number of hydrogen-bond donors (Lipinski definition) is 2. The lowest BCUT2D eigenvalue weighted by atomic mass is 9.83. The third-order valence-electron chi connectivity index (χ3n) is 6.56. The van der Waals surface area contributed by atoms with Gasteiger partial charge >= 0.3 is 0 Å². The van der Waals surface area contributed by atoms with E-state index in [2.05, 4.69) is 55.8 Å². The van der Waals surface area contributed by atoms with Gasteiger partial charge in [-0.25, -0.2) is 0 Å². The van der Waals surface area contributed by atoms with Gasteiger partial charge < -0.3 is 15.5 Å². The lowest BCUT2D eigenvalue weighted by Crippen LogP contribution is -2.57. The highest BCUT2D eigenvalue weighted by atomic mass is 16.2. The number of benzene rings is 1. The molecule has 2 unspecified atom stereocenters. The Morgan fingerprint density at radius 1 is 1.17 bits per heavy atom. The van der Waals surface area contributed by atoms with E-state index in [1.807, 2.05) is 27.8 Å². The second kappa shape index (κ2) is 10.3. The van der Waals surface area contributed by atoms with Crippen LogP contribution >= 0.6 is 0 Å². The Labute approximate surface area is 182 Å². The van der Waals surface area contributed by atoms with E-state index < -0.39 is 5.41 Å². The molecule has 0 bridgehead atoms. The molecule has 0 radical (unpaired) electrons. The van der Waals surface area contributed by atoms with E-state index in [1.165, 1.54) is 24.9 Å². The second-order valence-electron chi connectivity index (χ2n) is 9.30. The summed E-state index contributed by atoms with van der Waals surface area (Å²) in [5, 5.41) is 6.40. The zero-order valence-corrected chi connectivity index (χ0v) is 19.2. The zero-order chi connectivity index (χ0) is 21.6. The summed E-state index contributed by atoms with van der Waals surface area (Å²) >= 11 is 0. The molecule has 2 saturated heterocycles. The van der Waals surface area contributed by atoms with Gasteiger partial charge in [-0.2, -0.15) is 0 Å². The number of fused-ring (bicyclic) bond motifs is 1. The predicted molar refractivity (Wildman–Crippen MR) is 123 cm³/mol. The third-order valence-corrected chi connectivity index (χ3v) is 6.56. The van der Waals surface area contributed by atoms with Crippen molar-refractivity contribution < 1.29 is 4.79 Å². The molecule has 2 aliphatic rings. The molecule has 2 N–H and O–H groups in total. The lowest BCUT2D eigenvalue weighted by molar-refractivity contribution is -0.128. The largest absolute Gasteiger partial charge is 0.356 e. The quantitative estimate of drug-likeness (QED) is 0.556. The van der Waals surface area contributed by atoms with Gasteiger partial charge in [0.25, 0.3) is 0 Å². The molecule has 2 fully saturated rings. The monoisotopic (exact) mass is 413 g/mol. The number of carbonyl (C=O) groups excluding carboxylic acids is 1. The van der Waals surface area contributed by atoms with Crippen LogP contribution in [0.25, 0.3) is 0 Å². The van der Waals surface area contributed by atoms with Gasteiger partial charge in [0.2, 0.25) is 5.91 Å². The Balaban J connectivity index is 1.57. The average molecular weight is 414 g/mol. The maximum Gasteiger partial charge on any atom is 0.227 e. The number of carbonyl (C=O) groups is 1. The van der Waals surface area contributed by atoms with E-state index >= 15 is 0 Å². The second-order valence-corrected chi connectivity index (χ2v) is 9.30. The van der Waals surface area contributed by atoms with Crippen molar-refractivity contribution in [3.8, 4) is 0 Å². The van der Waals surface area contributed by atoms with Gasteiger partial charge in [0.1, 0.15) is 0 Å². The van der Waals surface area contributed by atoms with Gasteiger partial charge in [0.05, 0.1) is 5.41 Å². The van der Waals surface area contributed by atoms with E-state index in [4.69, 9.17) is 0 Å². The fourth-order valence-electron chi connectivity index (χ4n) is 4.83. The van der Waals surface area contributed by atoms with Gasteiger partial charge in [-0.15, -0.1) is 0 Å². The number of piperidine rings is 2. The number of guanidine groups is 1. The van der Waals surface area contributed by atoms with Crippen molar-refractivity contribution >= 4 is 11.9 Å². The minimum Gasteiger partial charge on any atom is -0.356 e.